The van der Waals surface area contributed by atoms with E-state index in [2.05, 4.69) is 27.0 Å². The average molecular weight is 374 g/mol. The molecule has 0 radical (unpaired) electrons. The van der Waals surface area contributed by atoms with Crippen LogP contribution in [0.1, 0.15) is 23.0 Å². The molecule has 2 aromatic heterocycles. The van der Waals surface area contributed by atoms with Crippen molar-refractivity contribution in [2.45, 2.75) is 18.8 Å². The molecule has 0 amide bonds. The van der Waals surface area contributed by atoms with Crippen LogP contribution in [-0.4, -0.2) is 9.55 Å². The van der Waals surface area contributed by atoms with Crippen LogP contribution in [0, 0.1) is 5.82 Å². The lowest BCUT2D eigenvalue weighted by atomic mass is 10.3. The van der Waals surface area contributed by atoms with Crippen molar-refractivity contribution >= 4 is 49.9 Å². The van der Waals surface area contributed by atoms with Crippen LogP contribution < -0.4 is 0 Å². The highest BCUT2D eigenvalue weighted by Gasteiger charge is 2.17. The lowest BCUT2D eigenvalue weighted by molar-refractivity contribution is 0.622. The van der Waals surface area contributed by atoms with E-state index in [1.807, 2.05) is 22.9 Å². The summed E-state index contributed by atoms with van der Waals surface area (Å²) in [6.07, 6.45) is 0. The molecule has 3 aromatic rings. The normalized spacial score (nSPS) is 13.0. The highest BCUT2D eigenvalue weighted by molar-refractivity contribution is 9.10. The maximum Gasteiger partial charge on any atom is 0.139 e. The minimum Gasteiger partial charge on any atom is -0.321 e. The van der Waals surface area contributed by atoms with E-state index >= 15 is 0 Å². The average Bonchev–Trinajstić information content (AvgIpc) is 3.00. The van der Waals surface area contributed by atoms with Crippen molar-refractivity contribution in [2.24, 2.45) is 0 Å². The number of rotatable bonds is 3. The lowest BCUT2D eigenvalue weighted by Gasteiger charge is -2.09. The van der Waals surface area contributed by atoms with Gasteiger partial charge in [0.15, 0.2) is 0 Å². The summed E-state index contributed by atoms with van der Waals surface area (Å²) in [5.41, 5.74) is 1.51. The largest absolute Gasteiger partial charge is 0.321 e. The van der Waals surface area contributed by atoms with E-state index in [0.29, 0.717) is 16.5 Å². The van der Waals surface area contributed by atoms with Gasteiger partial charge in [-0.25, -0.2) is 9.37 Å². The molecular formula is C14H11BrClFN2S. The second kappa shape index (κ2) is 5.47. The number of alkyl halides is 1. The molecule has 2 nitrogen and oxygen atoms in total. The van der Waals surface area contributed by atoms with E-state index in [9.17, 15) is 4.39 Å². The lowest BCUT2D eigenvalue weighted by Crippen LogP contribution is -2.04. The van der Waals surface area contributed by atoms with E-state index in [1.165, 1.54) is 10.9 Å². The topological polar surface area (TPSA) is 17.8 Å². The number of benzene rings is 1. The van der Waals surface area contributed by atoms with Crippen molar-refractivity contribution in [3.8, 4) is 0 Å². The van der Waals surface area contributed by atoms with Crippen LogP contribution in [0.25, 0.3) is 11.0 Å². The summed E-state index contributed by atoms with van der Waals surface area (Å²) in [4.78, 5) is 5.68. The Labute approximate surface area is 133 Å². The molecule has 0 aliphatic carbocycles. The van der Waals surface area contributed by atoms with Gasteiger partial charge in [0.1, 0.15) is 11.6 Å². The van der Waals surface area contributed by atoms with Crippen LogP contribution in [0.5, 0.6) is 0 Å². The zero-order chi connectivity index (χ0) is 14.3. The smallest absolute Gasteiger partial charge is 0.139 e. The summed E-state index contributed by atoms with van der Waals surface area (Å²) in [6.45, 7) is 2.57. The summed E-state index contributed by atoms with van der Waals surface area (Å²) >= 11 is 11.1. The standard InChI is InChI=1S/C14H11BrClFN2S/c1-8(16)14-18-12-6-11(17)10(15)5-13(12)19(14)7-9-3-2-4-20-9/h2-6,8H,7H2,1H3. The minimum absolute atomic E-state index is 0.232. The highest BCUT2D eigenvalue weighted by Crippen LogP contribution is 2.29. The number of hydrogen-bond acceptors (Lipinski definition) is 2. The first-order chi connectivity index (χ1) is 9.56. The molecule has 0 bridgehead atoms. The second-order valence-corrected chi connectivity index (χ2v) is 7.05. The Hall–Kier alpha value is -0.910. The van der Waals surface area contributed by atoms with Crippen LogP contribution in [-0.2, 0) is 6.54 Å². The summed E-state index contributed by atoms with van der Waals surface area (Å²) < 4.78 is 16.1. The Kier molecular flexibility index (Phi) is 3.84. The van der Waals surface area contributed by atoms with Gasteiger partial charge < -0.3 is 4.57 Å². The van der Waals surface area contributed by atoms with E-state index in [1.54, 1.807) is 17.4 Å². The zero-order valence-corrected chi connectivity index (χ0v) is 13.8. The van der Waals surface area contributed by atoms with Crippen LogP contribution in [0.3, 0.4) is 0 Å². The maximum atomic E-state index is 13.6. The molecule has 0 fully saturated rings. The van der Waals surface area contributed by atoms with Gasteiger partial charge >= 0.3 is 0 Å². The molecule has 3 rings (SSSR count). The quantitative estimate of drug-likeness (QED) is 0.566. The first kappa shape index (κ1) is 14.0. The fourth-order valence-electron chi connectivity index (χ4n) is 2.17. The van der Waals surface area contributed by atoms with E-state index in [-0.39, 0.29) is 11.2 Å². The van der Waals surface area contributed by atoms with Crippen molar-refractivity contribution < 1.29 is 4.39 Å². The number of nitrogens with zero attached hydrogens (tertiary/aromatic N) is 2. The monoisotopic (exact) mass is 372 g/mol. The molecule has 2 heterocycles. The summed E-state index contributed by atoms with van der Waals surface area (Å²) in [6, 6.07) is 7.28. The third-order valence-corrected chi connectivity index (χ3v) is 4.73. The van der Waals surface area contributed by atoms with Gasteiger partial charge in [-0.3, -0.25) is 0 Å². The Morgan fingerprint density at radius 3 is 2.95 bits per heavy atom. The molecular weight excluding hydrogens is 363 g/mol. The molecule has 20 heavy (non-hydrogen) atoms. The zero-order valence-electron chi connectivity index (χ0n) is 10.6. The van der Waals surface area contributed by atoms with Gasteiger partial charge in [0.2, 0.25) is 0 Å². The van der Waals surface area contributed by atoms with Crippen molar-refractivity contribution in [1.29, 1.82) is 0 Å². The van der Waals surface area contributed by atoms with E-state index < -0.39 is 0 Å². The minimum atomic E-state index is -0.313. The first-order valence-corrected chi connectivity index (χ1v) is 8.19. The number of hydrogen-bond donors (Lipinski definition) is 0. The van der Waals surface area contributed by atoms with Gasteiger partial charge in [0, 0.05) is 10.9 Å². The molecule has 0 aliphatic rings. The number of fused-ring (bicyclic) bond motifs is 1. The van der Waals surface area contributed by atoms with E-state index in [4.69, 9.17) is 11.6 Å². The SMILES string of the molecule is CC(Cl)c1nc2cc(F)c(Br)cc2n1Cc1cccs1. The Morgan fingerprint density at radius 2 is 2.30 bits per heavy atom. The Morgan fingerprint density at radius 1 is 1.50 bits per heavy atom. The molecule has 1 unspecified atom stereocenters. The predicted molar refractivity (Wildman–Crippen MR) is 85.1 cm³/mol. The van der Waals surface area contributed by atoms with Gasteiger partial charge in [-0.1, -0.05) is 6.07 Å². The number of thiophene rings is 1. The Balaban J connectivity index is 2.20. The number of halogens is 3. The highest BCUT2D eigenvalue weighted by atomic mass is 79.9. The molecule has 0 saturated heterocycles. The first-order valence-electron chi connectivity index (χ1n) is 6.08. The van der Waals surface area contributed by atoms with Crippen LogP contribution in [0.4, 0.5) is 4.39 Å². The summed E-state index contributed by atoms with van der Waals surface area (Å²) in [5, 5.41) is 1.80. The second-order valence-electron chi connectivity index (χ2n) is 4.51. The van der Waals surface area contributed by atoms with Gasteiger partial charge in [-0.05, 0) is 40.4 Å². The third-order valence-electron chi connectivity index (χ3n) is 3.07. The van der Waals surface area contributed by atoms with Crippen LogP contribution >= 0.6 is 38.9 Å². The van der Waals surface area contributed by atoms with Crippen molar-refractivity contribution in [1.82, 2.24) is 9.55 Å². The molecule has 0 spiro atoms. The molecule has 0 saturated carbocycles. The van der Waals surface area contributed by atoms with Gasteiger partial charge in [-0.15, -0.1) is 22.9 Å². The number of aromatic nitrogens is 2. The predicted octanol–water partition coefficient (Wildman–Crippen LogP) is 5.35. The number of imidazole rings is 1. The molecule has 1 atom stereocenters. The van der Waals surface area contributed by atoms with Crippen molar-refractivity contribution in [3.63, 3.8) is 0 Å². The van der Waals surface area contributed by atoms with Crippen molar-refractivity contribution in [2.75, 3.05) is 0 Å². The summed E-state index contributed by atoms with van der Waals surface area (Å²) in [7, 11) is 0. The van der Waals surface area contributed by atoms with Gasteiger partial charge in [0.25, 0.3) is 0 Å². The summed E-state index contributed by atoms with van der Waals surface area (Å²) in [5.74, 6) is 0.444. The molecule has 0 N–H and O–H groups in total. The van der Waals surface area contributed by atoms with Crippen LogP contribution in [0.15, 0.2) is 34.1 Å². The molecule has 1 aromatic carbocycles. The Bertz CT molecular complexity index is 752. The van der Waals surface area contributed by atoms with Gasteiger partial charge in [0.05, 0.1) is 27.4 Å². The maximum absolute atomic E-state index is 13.6. The van der Waals surface area contributed by atoms with Crippen molar-refractivity contribution in [3.05, 3.63) is 50.6 Å². The van der Waals surface area contributed by atoms with Crippen LogP contribution in [0.2, 0.25) is 0 Å². The molecule has 104 valence electrons. The molecule has 0 aliphatic heterocycles. The fourth-order valence-corrected chi connectivity index (χ4v) is 3.36. The van der Waals surface area contributed by atoms with Gasteiger partial charge in [-0.2, -0.15) is 0 Å². The van der Waals surface area contributed by atoms with E-state index in [0.717, 1.165) is 11.3 Å². The third kappa shape index (κ3) is 2.50. The fraction of sp³-hybridized carbons (Fsp3) is 0.214. The molecule has 6 heteroatoms.